The van der Waals surface area contributed by atoms with E-state index in [1.165, 1.54) is 12.1 Å². The summed E-state index contributed by atoms with van der Waals surface area (Å²) in [7, 11) is 2.04. The molecule has 0 aliphatic rings. The van der Waals surface area contributed by atoms with Crippen LogP contribution in [-0.2, 0) is 0 Å². The highest BCUT2D eigenvalue weighted by molar-refractivity contribution is 5.95. The Morgan fingerprint density at radius 2 is 2.10 bits per heavy atom. The predicted octanol–water partition coefficient (Wildman–Crippen LogP) is 2.18. The van der Waals surface area contributed by atoms with E-state index >= 15 is 0 Å². The molecule has 3 N–H and O–H groups in total. The number of anilines is 1. The first-order valence-electron chi connectivity index (χ1n) is 6.87. The van der Waals surface area contributed by atoms with Gasteiger partial charge in [-0.1, -0.05) is 0 Å². The Balaban J connectivity index is 2.52. The molecule has 0 aromatic heterocycles. The van der Waals surface area contributed by atoms with Crippen LogP contribution in [0.4, 0.5) is 10.1 Å². The van der Waals surface area contributed by atoms with Crippen LogP contribution in [-0.4, -0.2) is 37.0 Å². The van der Waals surface area contributed by atoms with Gasteiger partial charge in [-0.3, -0.25) is 4.79 Å². The van der Waals surface area contributed by atoms with Gasteiger partial charge in [0, 0.05) is 18.3 Å². The van der Waals surface area contributed by atoms with Crippen LogP contribution < -0.4 is 11.1 Å². The van der Waals surface area contributed by atoms with E-state index in [2.05, 4.69) is 24.1 Å². The molecule has 0 saturated carbocycles. The van der Waals surface area contributed by atoms with Gasteiger partial charge in [-0.15, -0.1) is 0 Å². The quantitative estimate of drug-likeness (QED) is 0.620. The van der Waals surface area contributed by atoms with Crippen molar-refractivity contribution in [3.8, 4) is 0 Å². The number of nitrogen functional groups attached to an aromatic ring is 1. The monoisotopic (exact) mass is 281 g/mol. The highest BCUT2D eigenvalue weighted by atomic mass is 19.1. The van der Waals surface area contributed by atoms with Crippen LogP contribution in [0.25, 0.3) is 0 Å². The van der Waals surface area contributed by atoms with E-state index in [9.17, 15) is 9.18 Å². The number of aryl methyl sites for hydroxylation is 1. The van der Waals surface area contributed by atoms with Crippen molar-refractivity contribution < 1.29 is 9.18 Å². The molecule has 20 heavy (non-hydrogen) atoms. The predicted molar refractivity (Wildman–Crippen MR) is 80.3 cm³/mol. The van der Waals surface area contributed by atoms with Gasteiger partial charge in [0.15, 0.2) is 0 Å². The Labute approximate surface area is 120 Å². The van der Waals surface area contributed by atoms with Crippen LogP contribution in [0.15, 0.2) is 12.1 Å². The minimum Gasteiger partial charge on any atom is -0.399 e. The first-order valence-corrected chi connectivity index (χ1v) is 6.87. The summed E-state index contributed by atoms with van der Waals surface area (Å²) in [5.74, 6) is -0.916. The molecule has 112 valence electrons. The van der Waals surface area contributed by atoms with Crippen LogP contribution in [0.1, 0.15) is 36.2 Å². The maximum Gasteiger partial charge on any atom is 0.254 e. The molecule has 0 saturated heterocycles. The van der Waals surface area contributed by atoms with Gasteiger partial charge < -0.3 is 16.0 Å². The van der Waals surface area contributed by atoms with Gasteiger partial charge >= 0.3 is 0 Å². The lowest BCUT2D eigenvalue weighted by atomic mass is 10.1. The van der Waals surface area contributed by atoms with Crippen LogP contribution in [0.3, 0.4) is 0 Å². The van der Waals surface area contributed by atoms with Crippen molar-refractivity contribution in [1.29, 1.82) is 0 Å². The number of benzene rings is 1. The van der Waals surface area contributed by atoms with E-state index < -0.39 is 11.7 Å². The molecule has 0 radical (unpaired) electrons. The van der Waals surface area contributed by atoms with E-state index in [-0.39, 0.29) is 5.56 Å². The molecule has 1 aromatic rings. The van der Waals surface area contributed by atoms with Crippen molar-refractivity contribution in [2.24, 2.45) is 0 Å². The molecule has 0 bridgehead atoms. The van der Waals surface area contributed by atoms with Crippen LogP contribution in [0.2, 0.25) is 0 Å². The molecule has 0 spiro atoms. The van der Waals surface area contributed by atoms with Gasteiger partial charge in [0.1, 0.15) is 5.82 Å². The number of nitrogens with two attached hydrogens (primary N) is 1. The summed E-state index contributed by atoms with van der Waals surface area (Å²) in [6.07, 6.45) is 0.823. The molecule has 0 atom stereocenters. The van der Waals surface area contributed by atoms with Crippen molar-refractivity contribution in [1.82, 2.24) is 10.2 Å². The fourth-order valence-electron chi connectivity index (χ4n) is 1.85. The molecule has 1 aromatic carbocycles. The second-order valence-corrected chi connectivity index (χ2v) is 5.38. The number of hydrogen-bond acceptors (Lipinski definition) is 3. The van der Waals surface area contributed by atoms with Crippen molar-refractivity contribution >= 4 is 11.6 Å². The number of halogens is 1. The molecule has 4 nitrogen and oxygen atoms in total. The summed E-state index contributed by atoms with van der Waals surface area (Å²) in [5.41, 5.74) is 6.44. The van der Waals surface area contributed by atoms with Gasteiger partial charge in [0.2, 0.25) is 0 Å². The third-order valence-electron chi connectivity index (χ3n) is 3.38. The van der Waals surface area contributed by atoms with Crippen molar-refractivity contribution in [3.05, 3.63) is 29.1 Å². The van der Waals surface area contributed by atoms with E-state index in [4.69, 9.17) is 5.73 Å². The van der Waals surface area contributed by atoms with E-state index in [1.54, 1.807) is 6.92 Å². The second kappa shape index (κ2) is 7.24. The topological polar surface area (TPSA) is 58.4 Å². The summed E-state index contributed by atoms with van der Waals surface area (Å²) in [6.45, 7) is 7.23. The highest BCUT2D eigenvalue weighted by Gasteiger charge is 2.14. The highest BCUT2D eigenvalue weighted by Crippen LogP contribution is 2.16. The Morgan fingerprint density at radius 1 is 1.45 bits per heavy atom. The maximum absolute atomic E-state index is 13.9. The molecule has 0 aliphatic heterocycles. The molecule has 5 heteroatoms. The Hall–Kier alpha value is -1.62. The van der Waals surface area contributed by atoms with Crippen molar-refractivity contribution in [2.45, 2.75) is 33.2 Å². The van der Waals surface area contributed by atoms with E-state index in [0.717, 1.165) is 13.0 Å². The first-order chi connectivity index (χ1) is 9.32. The summed E-state index contributed by atoms with van der Waals surface area (Å²) < 4.78 is 13.9. The van der Waals surface area contributed by atoms with Crippen LogP contribution >= 0.6 is 0 Å². The lowest BCUT2D eigenvalue weighted by Crippen LogP contribution is -2.31. The maximum atomic E-state index is 13.9. The smallest absolute Gasteiger partial charge is 0.254 e. The number of carbonyl (C=O) groups is 1. The zero-order valence-electron chi connectivity index (χ0n) is 12.7. The number of amides is 1. The van der Waals surface area contributed by atoms with Gasteiger partial charge in [0.25, 0.3) is 5.91 Å². The third-order valence-corrected chi connectivity index (χ3v) is 3.38. The van der Waals surface area contributed by atoms with E-state index in [0.29, 0.717) is 23.8 Å². The largest absolute Gasteiger partial charge is 0.399 e. The first kappa shape index (κ1) is 16.4. The fourth-order valence-corrected chi connectivity index (χ4v) is 1.85. The minimum atomic E-state index is -0.504. The average molecular weight is 281 g/mol. The summed E-state index contributed by atoms with van der Waals surface area (Å²) in [5, 5.41) is 2.73. The molecule has 1 rings (SSSR count). The molecule has 0 unspecified atom stereocenters. The Bertz CT molecular complexity index is 474. The molecular weight excluding hydrogens is 257 g/mol. The second-order valence-electron chi connectivity index (χ2n) is 5.38. The minimum absolute atomic E-state index is 0.0136. The van der Waals surface area contributed by atoms with Gasteiger partial charge in [-0.05, 0) is 58.5 Å². The van der Waals surface area contributed by atoms with Gasteiger partial charge in [0.05, 0.1) is 5.56 Å². The standard InChI is InChI=1S/C15H24FN3O/c1-10(2)19(4)7-5-6-18-15(20)13-9-12(17)8-11(3)14(13)16/h8-10H,5-7,17H2,1-4H3,(H,18,20). The molecular formula is C15H24FN3O. The molecule has 0 fully saturated rings. The van der Waals surface area contributed by atoms with Crippen LogP contribution in [0.5, 0.6) is 0 Å². The fraction of sp³-hybridized carbons (Fsp3) is 0.533. The van der Waals surface area contributed by atoms with Crippen LogP contribution in [0, 0.1) is 12.7 Å². The van der Waals surface area contributed by atoms with Gasteiger partial charge in [-0.2, -0.15) is 0 Å². The number of carbonyl (C=O) groups excluding carboxylic acids is 1. The summed E-state index contributed by atoms with van der Waals surface area (Å²) in [6, 6.07) is 3.36. The lowest BCUT2D eigenvalue weighted by molar-refractivity contribution is 0.0947. The molecule has 1 amide bonds. The SMILES string of the molecule is Cc1cc(N)cc(C(=O)NCCCN(C)C(C)C)c1F. The summed E-state index contributed by atoms with van der Waals surface area (Å²) >= 11 is 0. The molecule has 0 aliphatic carbocycles. The van der Waals surface area contributed by atoms with Crippen molar-refractivity contribution in [2.75, 3.05) is 25.9 Å². The molecule has 0 heterocycles. The summed E-state index contributed by atoms with van der Waals surface area (Å²) in [4.78, 5) is 14.1. The lowest BCUT2D eigenvalue weighted by Gasteiger charge is -2.20. The number of nitrogens with one attached hydrogen (secondary N) is 1. The number of nitrogens with zero attached hydrogens (tertiary/aromatic N) is 1. The zero-order valence-corrected chi connectivity index (χ0v) is 12.7. The van der Waals surface area contributed by atoms with E-state index in [1.807, 2.05) is 7.05 Å². The Morgan fingerprint density at radius 3 is 2.70 bits per heavy atom. The third kappa shape index (κ3) is 4.49. The zero-order chi connectivity index (χ0) is 15.3. The average Bonchev–Trinajstić information content (AvgIpc) is 2.38. The Kier molecular flexibility index (Phi) is 5.95. The number of hydrogen-bond donors (Lipinski definition) is 2. The normalized spacial score (nSPS) is 11.2. The number of rotatable bonds is 6. The van der Waals surface area contributed by atoms with Gasteiger partial charge in [-0.25, -0.2) is 4.39 Å². The van der Waals surface area contributed by atoms with Crippen molar-refractivity contribution in [3.63, 3.8) is 0 Å².